The van der Waals surface area contributed by atoms with Crippen molar-refractivity contribution in [2.24, 2.45) is 23.7 Å². The molecule has 0 aromatic heterocycles. The van der Waals surface area contributed by atoms with E-state index in [2.05, 4.69) is 33.1 Å². The molecule has 0 saturated heterocycles. The maximum Gasteiger partial charge on any atom is -0.00210 e. The molecule has 3 unspecified atom stereocenters. The minimum absolute atomic E-state index is 0.887. The van der Waals surface area contributed by atoms with Gasteiger partial charge in [0.25, 0.3) is 0 Å². The summed E-state index contributed by atoms with van der Waals surface area (Å²) in [5.74, 6) is 3.73. The second kappa shape index (κ2) is 4.99. The van der Waals surface area contributed by atoms with E-state index < -0.39 is 0 Å². The van der Waals surface area contributed by atoms with E-state index in [0.717, 1.165) is 23.7 Å². The second-order valence-corrected chi connectivity index (χ2v) is 5.11. The summed E-state index contributed by atoms with van der Waals surface area (Å²) in [6, 6.07) is 0. The Morgan fingerprint density at radius 3 is 2.46 bits per heavy atom. The third-order valence-corrected chi connectivity index (χ3v) is 3.80. The van der Waals surface area contributed by atoms with Gasteiger partial charge < -0.3 is 5.32 Å². The monoisotopic (exact) mass is 183 g/mol. The van der Waals surface area contributed by atoms with Gasteiger partial charge in [0.1, 0.15) is 0 Å². The predicted octanol–water partition coefficient (Wildman–Crippen LogP) is 2.91. The summed E-state index contributed by atoms with van der Waals surface area (Å²) in [5.41, 5.74) is 0. The van der Waals surface area contributed by atoms with Gasteiger partial charge >= 0.3 is 0 Å². The zero-order chi connectivity index (χ0) is 9.84. The van der Waals surface area contributed by atoms with Crippen LogP contribution in [0.25, 0.3) is 0 Å². The molecule has 1 heteroatoms. The van der Waals surface area contributed by atoms with Crippen molar-refractivity contribution in [1.82, 2.24) is 5.32 Å². The number of hydrogen-bond donors (Lipinski definition) is 1. The molecule has 78 valence electrons. The lowest BCUT2D eigenvalue weighted by Gasteiger charge is -2.36. The fraction of sp³-hybridized carbons (Fsp3) is 1.00. The topological polar surface area (TPSA) is 12.0 Å². The van der Waals surface area contributed by atoms with Crippen LogP contribution >= 0.6 is 0 Å². The molecule has 0 spiro atoms. The van der Waals surface area contributed by atoms with Gasteiger partial charge in [-0.3, -0.25) is 0 Å². The minimum atomic E-state index is 0.887. The molecule has 1 N–H and O–H groups in total. The molecule has 1 saturated carbocycles. The molecule has 0 amide bonds. The van der Waals surface area contributed by atoms with E-state index >= 15 is 0 Å². The molecular weight excluding hydrogens is 158 g/mol. The normalized spacial score (nSPS) is 35.3. The standard InChI is InChI=1S/C12H25N/c1-9(2)11-5-6-12(8-13-4)10(3)7-11/h9-13H,5-8H2,1-4H3. The fourth-order valence-corrected chi connectivity index (χ4v) is 2.67. The molecule has 1 aliphatic carbocycles. The van der Waals surface area contributed by atoms with Crippen LogP contribution in [0, 0.1) is 23.7 Å². The second-order valence-electron chi connectivity index (χ2n) is 5.11. The SMILES string of the molecule is CNCC1CCC(C(C)C)CC1C. The average molecular weight is 183 g/mol. The fourth-order valence-electron chi connectivity index (χ4n) is 2.67. The molecule has 0 aliphatic heterocycles. The lowest BCUT2D eigenvalue weighted by Crippen LogP contribution is -2.31. The highest BCUT2D eigenvalue weighted by Crippen LogP contribution is 2.36. The Hall–Kier alpha value is -0.0400. The molecule has 0 aromatic rings. The van der Waals surface area contributed by atoms with Gasteiger partial charge in [0.05, 0.1) is 0 Å². The van der Waals surface area contributed by atoms with Crippen LogP contribution < -0.4 is 5.32 Å². The van der Waals surface area contributed by atoms with Crippen molar-refractivity contribution in [3.8, 4) is 0 Å². The van der Waals surface area contributed by atoms with Gasteiger partial charge in [-0.05, 0) is 56.5 Å². The van der Waals surface area contributed by atoms with Gasteiger partial charge in [0.15, 0.2) is 0 Å². The van der Waals surface area contributed by atoms with Crippen molar-refractivity contribution in [3.63, 3.8) is 0 Å². The molecule has 0 radical (unpaired) electrons. The summed E-state index contributed by atoms with van der Waals surface area (Å²) in [7, 11) is 2.07. The lowest BCUT2D eigenvalue weighted by atomic mass is 9.71. The molecule has 3 atom stereocenters. The van der Waals surface area contributed by atoms with Gasteiger partial charge in [0.2, 0.25) is 0 Å². The Bertz CT molecular complexity index is 142. The quantitative estimate of drug-likeness (QED) is 0.709. The highest BCUT2D eigenvalue weighted by Gasteiger charge is 2.28. The molecule has 0 aromatic carbocycles. The van der Waals surface area contributed by atoms with Crippen LogP contribution in [-0.2, 0) is 0 Å². The highest BCUT2D eigenvalue weighted by molar-refractivity contribution is 4.80. The molecule has 1 rings (SSSR count). The molecule has 1 aliphatic rings. The van der Waals surface area contributed by atoms with E-state index in [1.54, 1.807) is 0 Å². The van der Waals surface area contributed by atoms with E-state index in [4.69, 9.17) is 0 Å². The molecular formula is C12H25N. The van der Waals surface area contributed by atoms with Crippen molar-refractivity contribution < 1.29 is 0 Å². The molecule has 1 fully saturated rings. The maximum absolute atomic E-state index is 3.31. The Morgan fingerprint density at radius 2 is 2.00 bits per heavy atom. The Morgan fingerprint density at radius 1 is 1.31 bits per heavy atom. The summed E-state index contributed by atoms with van der Waals surface area (Å²) in [5, 5.41) is 3.31. The molecule has 13 heavy (non-hydrogen) atoms. The van der Waals surface area contributed by atoms with Crippen LogP contribution in [0.1, 0.15) is 40.0 Å². The number of nitrogens with one attached hydrogen (secondary N) is 1. The first-order chi connectivity index (χ1) is 6.15. The minimum Gasteiger partial charge on any atom is -0.319 e. The van der Waals surface area contributed by atoms with Gasteiger partial charge in [-0.1, -0.05) is 20.8 Å². The van der Waals surface area contributed by atoms with Crippen LogP contribution in [0.2, 0.25) is 0 Å². The summed E-state index contributed by atoms with van der Waals surface area (Å²) >= 11 is 0. The van der Waals surface area contributed by atoms with Crippen LogP contribution in [-0.4, -0.2) is 13.6 Å². The van der Waals surface area contributed by atoms with Crippen molar-refractivity contribution >= 4 is 0 Å². The van der Waals surface area contributed by atoms with E-state index in [9.17, 15) is 0 Å². The van der Waals surface area contributed by atoms with Gasteiger partial charge in [0, 0.05) is 0 Å². The zero-order valence-corrected chi connectivity index (χ0v) is 9.64. The Kier molecular flexibility index (Phi) is 4.24. The highest BCUT2D eigenvalue weighted by atomic mass is 14.8. The largest absolute Gasteiger partial charge is 0.319 e. The maximum atomic E-state index is 3.31. The van der Waals surface area contributed by atoms with Crippen molar-refractivity contribution in [2.75, 3.05) is 13.6 Å². The van der Waals surface area contributed by atoms with Crippen molar-refractivity contribution in [2.45, 2.75) is 40.0 Å². The van der Waals surface area contributed by atoms with Crippen molar-refractivity contribution in [3.05, 3.63) is 0 Å². The summed E-state index contributed by atoms with van der Waals surface area (Å²) in [6.07, 6.45) is 4.34. The molecule has 0 bridgehead atoms. The number of hydrogen-bond acceptors (Lipinski definition) is 1. The average Bonchev–Trinajstić information content (AvgIpc) is 2.08. The first-order valence-corrected chi connectivity index (χ1v) is 5.79. The van der Waals surface area contributed by atoms with E-state index in [-0.39, 0.29) is 0 Å². The van der Waals surface area contributed by atoms with Crippen LogP contribution in [0.5, 0.6) is 0 Å². The third kappa shape index (κ3) is 2.98. The van der Waals surface area contributed by atoms with E-state index in [1.807, 2.05) is 0 Å². The summed E-state index contributed by atoms with van der Waals surface area (Å²) in [6.45, 7) is 8.38. The van der Waals surface area contributed by atoms with Crippen LogP contribution in [0.3, 0.4) is 0 Å². The Labute approximate surface area is 83.3 Å². The van der Waals surface area contributed by atoms with Crippen LogP contribution in [0.15, 0.2) is 0 Å². The van der Waals surface area contributed by atoms with E-state index in [1.165, 1.54) is 25.8 Å². The van der Waals surface area contributed by atoms with Gasteiger partial charge in [-0.2, -0.15) is 0 Å². The van der Waals surface area contributed by atoms with Gasteiger partial charge in [-0.15, -0.1) is 0 Å². The summed E-state index contributed by atoms with van der Waals surface area (Å²) < 4.78 is 0. The molecule has 1 nitrogen and oxygen atoms in total. The first-order valence-electron chi connectivity index (χ1n) is 5.79. The van der Waals surface area contributed by atoms with E-state index in [0.29, 0.717) is 0 Å². The zero-order valence-electron chi connectivity index (χ0n) is 9.64. The first kappa shape index (κ1) is 11.0. The van der Waals surface area contributed by atoms with Crippen LogP contribution in [0.4, 0.5) is 0 Å². The lowest BCUT2D eigenvalue weighted by molar-refractivity contribution is 0.159. The van der Waals surface area contributed by atoms with Gasteiger partial charge in [-0.25, -0.2) is 0 Å². The smallest absolute Gasteiger partial charge is 0.00210 e. The molecule has 0 heterocycles. The predicted molar refractivity (Wildman–Crippen MR) is 58.8 cm³/mol. The summed E-state index contributed by atoms with van der Waals surface area (Å²) in [4.78, 5) is 0. The Balaban J connectivity index is 2.37. The third-order valence-electron chi connectivity index (χ3n) is 3.80. The van der Waals surface area contributed by atoms with Crippen molar-refractivity contribution in [1.29, 1.82) is 0 Å². The number of rotatable bonds is 3.